The van der Waals surface area contributed by atoms with E-state index in [4.69, 9.17) is 17.0 Å². The molecule has 22 heavy (non-hydrogen) atoms. The number of aromatic amines is 2. The first-order valence-electron chi connectivity index (χ1n) is 6.78. The summed E-state index contributed by atoms with van der Waals surface area (Å²) in [7, 11) is 1.66. The number of rotatable bonds is 2. The Morgan fingerprint density at radius 1 is 1.09 bits per heavy atom. The van der Waals surface area contributed by atoms with Crippen molar-refractivity contribution in [2.45, 2.75) is 0 Å². The van der Waals surface area contributed by atoms with Gasteiger partial charge in [-0.3, -0.25) is 5.10 Å². The average Bonchev–Trinajstić information content (AvgIpc) is 2.92. The highest BCUT2D eigenvalue weighted by Gasteiger charge is 2.12. The summed E-state index contributed by atoms with van der Waals surface area (Å²) >= 11 is 5.04. The van der Waals surface area contributed by atoms with E-state index >= 15 is 0 Å². The van der Waals surface area contributed by atoms with E-state index in [9.17, 15) is 0 Å². The van der Waals surface area contributed by atoms with Crippen LogP contribution in [0.4, 0.5) is 0 Å². The number of methoxy groups -OCH3 is 1. The van der Waals surface area contributed by atoms with Crippen LogP contribution >= 0.6 is 12.2 Å². The summed E-state index contributed by atoms with van der Waals surface area (Å²) in [4.78, 5) is 7.56. The zero-order chi connectivity index (χ0) is 15.1. The van der Waals surface area contributed by atoms with Gasteiger partial charge in [0.05, 0.1) is 7.11 Å². The van der Waals surface area contributed by atoms with Gasteiger partial charge in [-0.25, -0.2) is 0 Å². The Hall–Kier alpha value is -2.73. The van der Waals surface area contributed by atoms with E-state index in [0.29, 0.717) is 10.4 Å². The van der Waals surface area contributed by atoms with E-state index in [-0.39, 0.29) is 0 Å². The Balaban J connectivity index is 2.04. The van der Waals surface area contributed by atoms with Gasteiger partial charge in [0, 0.05) is 10.9 Å². The van der Waals surface area contributed by atoms with Gasteiger partial charge in [-0.2, -0.15) is 10.1 Å². The number of fused-ring (bicyclic) bond motifs is 3. The molecule has 0 radical (unpaired) electrons. The van der Waals surface area contributed by atoms with Crippen LogP contribution in [-0.2, 0) is 0 Å². The first-order valence-corrected chi connectivity index (χ1v) is 7.18. The molecule has 0 aliphatic heterocycles. The highest BCUT2D eigenvalue weighted by atomic mass is 32.1. The Kier molecular flexibility index (Phi) is 2.90. The lowest BCUT2D eigenvalue weighted by Crippen LogP contribution is -1.87. The molecule has 0 bridgehead atoms. The number of hydrogen-bond donors (Lipinski definition) is 2. The standard InChI is InChI=1S/C16H12N4OS/c1-21-10-7-5-9(6-8-10)11-3-2-4-12-13(11)14-15(17-12)18-16(22)20-19-14/h2-8H,1H3,(H2,17,18,20,22). The maximum absolute atomic E-state index is 5.22. The summed E-state index contributed by atoms with van der Waals surface area (Å²) < 4.78 is 5.58. The number of aromatic nitrogens is 4. The maximum Gasteiger partial charge on any atom is 0.215 e. The van der Waals surface area contributed by atoms with Gasteiger partial charge in [0.25, 0.3) is 0 Å². The quantitative estimate of drug-likeness (QED) is 0.552. The zero-order valence-corrected chi connectivity index (χ0v) is 12.6. The molecule has 0 atom stereocenters. The molecule has 0 saturated heterocycles. The largest absolute Gasteiger partial charge is 0.497 e. The van der Waals surface area contributed by atoms with Gasteiger partial charge in [0.2, 0.25) is 4.77 Å². The summed E-state index contributed by atoms with van der Waals surface area (Å²) in [5, 5.41) is 8.13. The van der Waals surface area contributed by atoms with E-state index in [1.165, 1.54) is 0 Å². The molecule has 2 aromatic carbocycles. The predicted octanol–water partition coefficient (Wildman–Crippen LogP) is 3.84. The Morgan fingerprint density at radius 3 is 2.68 bits per heavy atom. The topological polar surface area (TPSA) is 66.6 Å². The van der Waals surface area contributed by atoms with Crippen LogP contribution in [0, 0.1) is 4.77 Å². The summed E-state index contributed by atoms with van der Waals surface area (Å²) in [6.45, 7) is 0. The number of nitrogens with zero attached hydrogens (tertiary/aromatic N) is 2. The molecule has 0 aliphatic rings. The summed E-state index contributed by atoms with van der Waals surface area (Å²) in [6.07, 6.45) is 0. The van der Waals surface area contributed by atoms with Crippen LogP contribution < -0.4 is 4.74 Å². The Morgan fingerprint density at radius 2 is 1.91 bits per heavy atom. The van der Waals surface area contributed by atoms with Crippen molar-refractivity contribution in [1.29, 1.82) is 0 Å². The second-order valence-corrected chi connectivity index (χ2v) is 5.31. The fourth-order valence-corrected chi connectivity index (χ4v) is 2.78. The third-order valence-electron chi connectivity index (χ3n) is 3.66. The maximum atomic E-state index is 5.22. The minimum atomic E-state index is 0.366. The normalized spacial score (nSPS) is 11.1. The summed E-state index contributed by atoms with van der Waals surface area (Å²) in [5.74, 6) is 0.832. The predicted molar refractivity (Wildman–Crippen MR) is 88.6 cm³/mol. The van der Waals surface area contributed by atoms with Gasteiger partial charge >= 0.3 is 0 Å². The molecule has 0 fully saturated rings. The molecule has 0 unspecified atom stereocenters. The molecule has 0 spiro atoms. The van der Waals surface area contributed by atoms with Gasteiger partial charge in [0.1, 0.15) is 11.3 Å². The van der Waals surface area contributed by atoms with Crippen LogP contribution in [-0.4, -0.2) is 27.3 Å². The van der Waals surface area contributed by atoms with Crippen LogP contribution in [0.25, 0.3) is 33.2 Å². The third kappa shape index (κ3) is 1.96. The van der Waals surface area contributed by atoms with Crippen molar-refractivity contribution >= 4 is 34.3 Å². The number of hydrogen-bond acceptors (Lipinski definition) is 4. The summed E-state index contributed by atoms with van der Waals surface area (Å²) in [5.41, 5.74) is 4.65. The number of benzene rings is 2. The zero-order valence-electron chi connectivity index (χ0n) is 11.8. The van der Waals surface area contributed by atoms with Crippen LogP contribution in [0.15, 0.2) is 42.5 Å². The van der Waals surface area contributed by atoms with E-state index < -0.39 is 0 Å². The fraction of sp³-hybridized carbons (Fsp3) is 0.0625. The molecule has 0 saturated carbocycles. The molecule has 2 N–H and O–H groups in total. The minimum absolute atomic E-state index is 0.366. The molecule has 6 heteroatoms. The molecule has 108 valence electrons. The highest BCUT2D eigenvalue weighted by Crippen LogP contribution is 2.33. The highest BCUT2D eigenvalue weighted by molar-refractivity contribution is 7.71. The van der Waals surface area contributed by atoms with E-state index in [0.717, 1.165) is 33.3 Å². The number of H-pyrrole nitrogens is 2. The van der Waals surface area contributed by atoms with E-state index in [1.54, 1.807) is 7.11 Å². The van der Waals surface area contributed by atoms with Gasteiger partial charge in [-0.15, -0.1) is 0 Å². The average molecular weight is 308 g/mol. The van der Waals surface area contributed by atoms with Crippen molar-refractivity contribution in [3.63, 3.8) is 0 Å². The van der Waals surface area contributed by atoms with E-state index in [2.05, 4.69) is 26.2 Å². The molecular weight excluding hydrogens is 296 g/mol. The smallest absolute Gasteiger partial charge is 0.215 e. The molecule has 0 amide bonds. The first-order chi connectivity index (χ1) is 10.8. The second-order valence-electron chi connectivity index (χ2n) is 4.92. The van der Waals surface area contributed by atoms with E-state index in [1.807, 2.05) is 36.4 Å². The fourth-order valence-electron chi connectivity index (χ4n) is 2.65. The number of ether oxygens (including phenoxy) is 1. The van der Waals surface area contributed by atoms with Gasteiger partial charge in [-0.05, 0) is 41.5 Å². The lowest BCUT2D eigenvalue weighted by molar-refractivity contribution is 0.415. The van der Waals surface area contributed by atoms with Crippen molar-refractivity contribution in [2.24, 2.45) is 0 Å². The molecule has 5 nitrogen and oxygen atoms in total. The van der Waals surface area contributed by atoms with Crippen molar-refractivity contribution in [3.05, 3.63) is 47.2 Å². The number of nitrogens with one attached hydrogen (secondary N) is 2. The van der Waals surface area contributed by atoms with Crippen molar-refractivity contribution in [3.8, 4) is 16.9 Å². The van der Waals surface area contributed by atoms with Crippen LogP contribution in [0.1, 0.15) is 0 Å². The van der Waals surface area contributed by atoms with Crippen molar-refractivity contribution in [1.82, 2.24) is 20.2 Å². The minimum Gasteiger partial charge on any atom is -0.497 e. The van der Waals surface area contributed by atoms with Crippen molar-refractivity contribution in [2.75, 3.05) is 7.11 Å². The molecule has 2 heterocycles. The second kappa shape index (κ2) is 4.92. The molecule has 2 aromatic heterocycles. The lowest BCUT2D eigenvalue weighted by atomic mass is 10.0. The molecular formula is C16H12N4OS. The first kappa shape index (κ1) is 13.0. The lowest BCUT2D eigenvalue weighted by Gasteiger charge is -2.05. The van der Waals surface area contributed by atoms with Crippen LogP contribution in [0.2, 0.25) is 0 Å². The summed E-state index contributed by atoms with van der Waals surface area (Å²) in [6, 6.07) is 14.0. The monoisotopic (exact) mass is 308 g/mol. The van der Waals surface area contributed by atoms with Gasteiger partial charge in [-0.1, -0.05) is 24.3 Å². The van der Waals surface area contributed by atoms with Crippen LogP contribution in [0.5, 0.6) is 5.75 Å². The molecule has 4 aromatic rings. The SMILES string of the molecule is COc1ccc(-c2cccc3[nH]c4nc(=S)[nH]nc4c23)cc1. The van der Waals surface area contributed by atoms with Crippen molar-refractivity contribution < 1.29 is 4.74 Å². The molecule has 4 rings (SSSR count). The third-order valence-corrected chi connectivity index (χ3v) is 3.84. The Labute approximate surface area is 131 Å². The molecule has 0 aliphatic carbocycles. The van der Waals surface area contributed by atoms with Crippen LogP contribution in [0.3, 0.4) is 0 Å². The van der Waals surface area contributed by atoms with Gasteiger partial charge in [0.15, 0.2) is 5.65 Å². The Bertz CT molecular complexity index is 1030. The van der Waals surface area contributed by atoms with Gasteiger partial charge < -0.3 is 9.72 Å².